The molecule has 1 aromatic rings. The van der Waals surface area contributed by atoms with Gasteiger partial charge in [0.2, 0.25) is 0 Å². The van der Waals surface area contributed by atoms with Gasteiger partial charge in [0.25, 0.3) is 5.91 Å². The normalized spacial score (nSPS) is 12.1. The highest BCUT2D eigenvalue weighted by Crippen LogP contribution is 2.11. The van der Waals surface area contributed by atoms with Gasteiger partial charge in [-0.15, -0.1) is 0 Å². The Morgan fingerprint density at radius 2 is 2.13 bits per heavy atom. The SMILES string of the molecule is COCCNC(=O)C(O)c1ccccc1. The van der Waals surface area contributed by atoms with E-state index in [0.29, 0.717) is 18.7 Å². The monoisotopic (exact) mass is 209 g/mol. The van der Waals surface area contributed by atoms with Gasteiger partial charge in [-0.25, -0.2) is 0 Å². The number of nitrogens with one attached hydrogen (secondary N) is 1. The maximum Gasteiger partial charge on any atom is 0.253 e. The molecule has 0 spiro atoms. The molecule has 0 radical (unpaired) electrons. The van der Waals surface area contributed by atoms with Gasteiger partial charge >= 0.3 is 0 Å². The zero-order chi connectivity index (χ0) is 11.1. The lowest BCUT2D eigenvalue weighted by atomic mass is 10.1. The summed E-state index contributed by atoms with van der Waals surface area (Å²) in [6, 6.07) is 8.81. The summed E-state index contributed by atoms with van der Waals surface area (Å²) in [7, 11) is 1.56. The minimum atomic E-state index is -1.11. The average Bonchev–Trinajstić information content (AvgIpc) is 2.29. The molecular formula is C11H15NO3. The molecule has 1 rings (SSSR count). The molecule has 1 unspecified atom stereocenters. The fraction of sp³-hybridized carbons (Fsp3) is 0.364. The second-order valence-corrected chi connectivity index (χ2v) is 3.10. The summed E-state index contributed by atoms with van der Waals surface area (Å²) in [5.74, 6) is -0.404. The highest BCUT2D eigenvalue weighted by molar-refractivity contribution is 5.81. The van der Waals surface area contributed by atoms with Gasteiger partial charge in [-0.1, -0.05) is 30.3 Å². The Kier molecular flexibility index (Phi) is 4.80. The molecule has 0 saturated carbocycles. The minimum Gasteiger partial charge on any atom is -0.383 e. The summed E-state index contributed by atoms with van der Waals surface area (Å²) in [6.45, 7) is 0.840. The number of hydrogen-bond acceptors (Lipinski definition) is 3. The highest BCUT2D eigenvalue weighted by Gasteiger charge is 2.15. The summed E-state index contributed by atoms with van der Waals surface area (Å²) in [5.41, 5.74) is 0.590. The largest absolute Gasteiger partial charge is 0.383 e. The summed E-state index contributed by atoms with van der Waals surface area (Å²) >= 11 is 0. The van der Waals surface area contributed by atoms with Gasteiger partial charge in [0.1, 0.15) is 0 Å². The van der Waals surface area contributed by atoms with Crippen LogP contribution in [0, 0.1) is 0 Å². The molecule has 0 bridgehead atoms. The Balaban J connectivity index is 2.46. The minimum absolute atomic E-state index is 0.402. The molecule has 1 atom stereocenters. The van der Waals surface area contributed by atoms with Crippen molar-refractivity contribution in [1.82, 2.24) is 5.32 Å². The topological polar surface area (TPSA) is 58.6 Å². The molecule has 1 amide bonds. The first-order chi connectivity index (χ1) is 7.25. The summed E-state index contributed by atoms with van der Waals surface area (Å²) in [5, 5.41) is 12.2. The van der Waals surface area contributed by atoms with E-state index >= 15 is 0 Å². The highest BCUT2D eigenvalue weighted by atomic mass is 16.5. The smallest absolute Gasteiger partial charge is 0.253 e. The first kappa shape index (κ1) is 11.7. The van der Waals surface area contributed by atoms with Crippen LogP contribution in [0.5, 0.6) is 0 Å². The van der Waals surface area contributed by atoms with Gasteiger partial charge < -0.3 is 15.2 Å². The third-order valence-electron chi connectivity index (χ3n) is 1.97. The first-order valence-electron chi connectivity index (χ1n) is 4.75. The molecule has 0 heterocycles. The second kappa shape index (κ2) is 6.16. The van der Waals surface area contributed by atoms with E-state index in [-0.39, 0.29) is 0 Å². The lowest BCUT2D eigenvalue weighted by molar-refractivity contribution is -0.129. The fourth-order valence-corrected chi connectivity index (χ4v) is 1.16. The van der Waals surface area contributed by atoms with Crippen molar-refractivity contribution in [2.75, 3.05) is 20.3 Å². The van der Waals surface area contributed by atoms with Crippen molar-refractivity contribution < 1.29 is 14.6 Å². The van der Waals surface area contributed by atoms with Gasteiger partial charge in [-0.2, -0.15) is 0 Å². The van der Waals surface area contributed by atoms with Crippen LogP contribution in [-0.4, -0.2) is 31.3 Å². The van der Waals surface area contributed by atoms with Crippen LogP contribution in [0.3, 0.4) is 0 Å². The number of carbonyl (C=O) groups excluding carboxylic acids is 1. The zero-order valence-electron chi connectivity index (χ0n) is 8.64. The van der Waals surface area contributed by atoms with E-state index in [1.54, 1.807) is 31.4 Å². The number of hydrogen-bond donors (Lipinski definition) is 2. The molecule has 1 aromatic carbocycles. The average molecular weight is 209 g/mol. The number of methoxy groups -OCH3 is 1. The molecule has 82 valence electrons. The maximum atomic E-state index is 11.4. The van der Waals surface area contributed by atoms with E-state index in [2.05, 4.69) is 5.32 Å². The molecule has 0 saturated heterocycles. The Morgan fingerprint density at radius 1 is 1.47 bits per heavy atom. The van der Waals surface area contributed by atoms with Crippen LogP contribution >= 0.6 is 0 Å². The molecule has 4 heteroatoms. The van der Waals surface area contributed by atoms with Crippen molar-refractivity contribution >= 4 is 5.91 Å². The van der Waals surface area contributed by atoms with E-state index in [0.717, 1.165) is 0 Å². The van der Waals surface area contributed by atoms with Crippen molar-refractivity contribution in [2.24, 2.45) is 0 Å². The third-order valence-corrected chi connectivity index (χ3v) is 1.97. The van der Waals surface area contributed by atoms with Gasteiger partial charge in [0, 0.05) is 13.7 Å². The van der Waals surface area contributed by atoms with Crippen LogP contribution in [-0.2, 0) is 9.53 Å². The van der Waals surface area contributed by atoms with E-state index in [9.17, 15) is 9.90 Å². The zero-order valence-corrected chi connectivity index (χ0v) is 8.64. The molecular weight excluding hydrogens is 194 g/mol. The number of rotatable bonds is 5. The molecule has 4 nitrogen and oxygen atoms in total. The standard InChI is InChI=1S/C11H15NO3/c1-15-8-7-12-11(14)10(13)9-5-3-2-4-6-9/h2-6,10,13H,7-8H2,1H3,(H,12,14). The van der Waals surface area contributed by atoms with Gasteiger partial charge in [0.15, 0.2) is 6.10 Å². The van der Waals surface area contributed by atoms with Crippen molar-refractivity contribution in [3.05, 3.63) is 35.9 Å². The van der Waals surface area contributed by atoms with Crippen LogP contribution in [0.15, 0.2) is 30.3 Å². The molecule has 0 aliphatic carbocycles. The van der Waals surface area contributed by atoms with Crippen molar-refractivity contribution in [2.45, 2.75) is 6.10 Å². The van der Waals surface area contributed by atoms with E-state index in [4.69, 9.17) is 4.74 Å². The number of aliphatic hydroxyl groups excluding tert-OH is 1. The quantitative estimate of drug-likeness (QED) is 0.693. The number of carbonyl (C=O) groups is 1. The molecule has 2 N–H and O–H groups in total. The Hall–Kier alpha value is -1.39. The summed E-state index contributed by atoms with van der Waals surface area (Å²) < 4.78 is 4.78. The third kappa shape index (κ3) is 3.69. The van der Waals surface area contributed by atoms with Crippen molar-refractivity contribution in [1.29, 1.82) is 0 Å². The molecule has 0 fully saturated rings. The first-order valence-corrected chi connectivity index (χ1v) is 4.75. The lowest BCUT2D eigenvalue weighted by Gasteiger charge is -2.10. The van der Waals surface area contributed by atoms with E-state index in [1.165, 1.54) is 0 Å². The van der Waals surface area contributed by atoms with Crippen molar-refractivity contribution in [3.63, 3.8) is 0 Å². The van der Waals surface area contributed by atoms with Crippen LogP contribution in [0.4, 0.5) is 0 Å². The fourth-order valence-electron chi connectivity index (χ4n) is 1.16. The van der Waals surface area contributed by atoms with Gasteiger partial charge in [-0.3, -0.25) is 4.79 Å². The predicted octanol–water partition coefficient (Wildman–Crippen LogP) is 0.483. The lowest BCUT2D eigenvalue weighted by Crippen LogP contribution is -2.31. The molecule has 0 aliphatic rings. The van der Waals surface area contributed by atoms with E-state index in [1.807, 2.05) is 6.07 Å². The van der Waals surface area contributed by atoms with Crippen LogP contribution in [0.1, 0.15) is 11.7 Å². The van der Waals surface area contributed by atoms with Crippen LogP contribution in [0.2, 0.25) is 0 Å². The number of aliphatic hydroxyl groups is 1. The van der Waals surface area contributed by atoms with Crippen LogP contribution < -0.4 is 5.32 Å². The Bertz CT molecular complexity index is 300. The molecule has 15 heavy (non-hydrogen) atoms. The Morgan fingerprint density at radius 3 is 2.73 bits per heavy atom. The van der Waals surface area contributed by atoms with Crippen molar-refractivity contribution in [3.8, 4) is 0 Å². The summed E-state index contributed by atoms with van der Waals surface area (Å²) in [6.07, 6.45) is -1.11. The van der Waals surface area contributed by atoms with E-state index < -0.39 is 12.0 Å². The van der Waals surface area contributed by atoms with Gasteiger partial charge in [-0.05, 0) is 5.56 Å². The Labute approximate surface area is 88.9 Å². The van der Waals surface area contributed by atoms with Gasteiger partial charge in [0.05, 0.1) is 6.61 Å². The number of amides is 1. The summed E-state index contributed by atoms with van der Waals surface area (Å²) in [4.78, 5) is 11.4. The molecule has 0 aromatic heterocycles. The maximum absolute atomic E-state index is 11.4. The number of ether oxygens (including phenoxy) is 1. The van der Waals surface area contributed by atoms with Crippen LogP contribution in [0.25, 0.3) is 0 Å². The predicted molar refractivity (Wildman–Crippen MR) is 56.3 cm³/mol. The second-order valence-electron chi connectivity index (χ2n) is 3.10. The number of benzene rings is 1. The molecule has 0 aliphatic heterocycles.